The molecule has 0 bridgehead atoms. The summed E-state index contributed by atoms with van der Waals surface area (Å²) in [5.41, 5.74) is 1.59. The number of hydrogen-bond acceptors (Lipinski definition) is 2. The standard InChI is InChI=1S/C12H16FN.C7H6O2/c13-12-3-1-10(2-4-12)9-11-5-7-14-8-6-11;8-7(9)6-4-2-1-3-5-6/h1-4,11,14H,5-9H2;1-5H,(H,8,9). The van der Waals surface area contributed by atoms with Gasteiger partial charge < -0.3 is 10.4 Å². The maximum absolute atomic E-state index is 12.7. The zero-order valence-electron chi connectivity index (χ0n) is 13.0. The molecule has 2 N–H and O–H groups in total. The van der Waals surface area contributed by atoms with E-state index in [4.69, 9.17) is 5.11 Å². The van der Waals surface area contributed by atoms with Crippen molar-refractivity contribution < 1.29 is 14.3 Å². The third-order valence-electron chi connectivity index (χ3n) is 3.92. The highest BCUT2D eigenvalue weighted by atomic mass is 19.1. The Labute approximate surface area is 136 Å². The first-order valence-corrected chi connectivity index (χ1v) is 7.88. The van der Waals surface area contributed by atoms with Crippen molar-refractivity contribution in [1.29, 1.82) is 0 Å². The maximum atomic E-state index is 12.7. The Morgan fingerprint density at radius 3 is 2.17 bits per heavy atom. The van der Waals surface area contributed by atoms with Gasteiger partial charge in [-0.25, -0.2) is 9.18 Å². The van der Waals surface area contributed by atoms with E-state index in [9.17, 15) is 9.18 Å². The van der Waals surface area contributed by atoms with Gasteiger partial charge in [0.05, 0.1) is 5.56 Å². The normalized spacial score (nSPS) is 14.7. The van der Waals surface area contributed by atoms with Gasteiger partial charge in [-0.15, -0.1) is 0 Å². The summed E-state index contributed by atoms with van der Waals surface area (Å²) in [6, 6.07) is 15.2. The second-order valence-electron chi connectivity index (χ2n) is 5.70. The summed E-state index contributed by atoms with van der Waals surface area (Å²) >= 11 is 0. The molecule has 3 rings (SSSR count). The van der Waals surface area contributed by atoms with E-state index in [1.54, 1.807) is 42.5 Å². The molecule has 0 radical (unpaired) electrons. The Morgan fingerprint density at radius 2 is 1.65 bits per heavy atom. The Morgan fingerprint density at radius 1 is 1.04 bits per heavy atom. The highest BCUT2D eigenvalue weighted by Gasteiger charge is 2.13. The van der Waals surface area contributed by atoms with Crippen LogP contribution >= 0.6 is 0 Å². The minimum absolute atomic E-state index is 0.140. The van der Waals surface area contributed by atoms with Gasteiger partial charge in [0, 0.05) is 0 Å². The Bertz CT molecular complexity index is 593. The monoisotopic (exact) mass is 315 g/mol. The summed E-state index contributed by atoms with van der Waals surface area (Å²) in [4.78, 5) is 10.2. The molecule has 1 fully saturated rings. The number of nitrogens with one attached hydrogen (secondary N) is 1. The van der Waals surface area contributed by atoms with Crippen LogP contribution in [0.25, 0.3) is 0 Å². The van der Waals surface area contributed by atoms with Gasteiger partial charge in [-0.3, -0.25) is 0 Å². The maximum Gasteiger partial charge on any atom is 0.335 e. The number of hydrogen-bond donors (Lipinski definition) is 2. The second kappa shape index (κ2) is 9.06. The van der Waals surface area contributed by atoms with Crippen LogP contribution in [0, 0.1) is 11.7 Å². The van der Waals surface area contributed by atoms with E-state index in [1.807, 2.05) is 12.1 Å². The van der Waals surface area contributed by atoms with E-state index >= 15 is 0 Å². The van der Waals surface area contributed by atoms with Crippen LogP contribution in [0.5, 0.6) is 0 Å². The van der Waals surface area contributed by atoms with Crippen LogP contribution in [0.4, 0.5) is 4.39 Å². The number of rotatable bonds is 3. The Balaban J connectivity index is 0.000000185. The van der Waals surface area contributed by atoms with E-state index in [-0.39, 0.29) is 5.82 Å². The lowest BCUT2D eigenvalue weighted by Crippen LogP contribution is -2.28. The summed E-state index contributed by atoms with van der Waals surface area (Å²) in [5, 5.41) is 11.7. The highest BCUT2D eigenvalue weighted by Crippen LogP contribution is 2.17. The lowest BCUT2D eigenvalue weighted by atomic mass is 9.91. The average Bonchev–Trinajstić information content (AvgIpc) is 2.59. The molecule has 0 spiro atoms. The van der Waals surface area contributed by atoms with Crippen LogP contribution in [0.1, 0.15) is 28.8 Å². The number of aromatic carboxylic acids is 1. The third-order valence-corrected chi connectivity index (χ3v) is 3.92. The molecule has 0 aromatic heterocycles. The van der Waals surface area contributed by atoms with E-state index in [1.165, 1.54) is 18.4 Å². The first kappa shape index (κ1) is 17.2. The van der Waals surface area contributed by atoms with Gasteiger partial charge >= 0.3 is 5.97 Å². The van der Waals surface area contributed by atoms with Gasteiger partial charge in [0.2, 0.25) is 0 Å². The molecule has 0 unspecified atom stereocenters. The van der Waals surface area contributed by atoms with Gasteiger partial charge in [0.15, 0.2) is 0 Å². The van der Waals surface area contributed by atoms with E-state index in [0.717, 1.165) is 25.4 Å². The number of piperidine rings is 1. The molecule has 23 heavy (non-hydrogen) atoms. The van der Waals surface area contributed by atoms with Crippen molar-refractivity contribution in [3.8, 4) is 0 Å². The van der Waals surface area contributed by atoms with Crippen LogP contribution in [0.3, 0.4) is 0 Å². The molecule has 2 aromatic carbocycles. The molecular weight excluding hydrogens is 293 g/mol. The molecule has 1 heterocycles. The molecule has 122 valence electrons. The topological polar surface area (TPSA) is 49.3 Å². The van der Waals surface area contributed by atoms with Crippen LogP contribution in [0.2, 0.25) is 0 Å². The van der Waals surface area contributed by atoms with E-state index in [0.29, 0.717) is 5.56 Å². The minimum atomic E-state index is -0.879. The number of halogens is 1. The smallest absolute Gasteiger partial charge is 0.335 e. The molecule has 1 aliphatic heterocycles. The van der Waals surface area contributed by atoms with Crippen LogP contribution in [-0.4, -0.2) is 24.2 Å². The molecule has 2 aromatic rings. The van der Waals surface area contributed by atoms with Gasteiger partial charge in [-0.2, -0.15) is 0 Å². The predicted molar refractivity (Wildman–Crippen MR) is 89.1 cm³/mol. The zero-order valence-corrected chi connectivity index (χ0v) is 13.0. The third kappa shape index (κ3) is 6.20. The number of carboxylic acid groups (broad SMARTS) is 1. The van der Waals surface area contributed by atoms with Gasteiger partial charge in [-0.1, -0.05) is 30.3 Å². The van der Waals surface area contributed by atoms with Crippen molar-refractivity contribution in [2.45, 2.75) is 19.3 Å². The summed E-state index contributed by atoms with van der Waals surface area (Å²) in [5.74, 6) is -0.239. The molecule has 1 saturated heterocycles. The summed E-state index contributed by atoms with van der Waals surface area (Å²) < 4.78 is 12.7. The van der Waals surface area contributed by atoms with Crippen LogP contribution in [0.15, 0.2) is 54.6 Å². The molecular formula is C19H22FNO2. The molecule has 0 aliphatic carbocycles. The van der Waals surface area contributed by atoms with Crippen molar-refractivity contribution in [2.75, 3.05) is 13.1 Å². The number of carbonyl (C=O) groups is 1. The number of benzene rings is 2. The van der Waals surface area contributed by atoms with E-state index in [2.05, 4.69) is 5.32 Å². The van der Waals surface area contributed by atoms with E-state index < -0.39 is 5.97 Å². The fourth-order valence-corrected chi connectivity index (χ4v) is 2.62. The van der Waals surface area contributed by atoms with Crippen molar-refractivity contribution >= 4 is 5.97 Å². The van der Waals surface area contributed by atoms with Crippen LogP contribution in [-0.2, 0) is 6.42 Å². The first-order chi connectivity index (χ1) is 11.1. The van der Waals surface area contributed by atoms with Gasteiger partial charge in [0.25, 0.3) is 0 Å². The van der Waals surface area contributed by atoms with Crippen molar-refractivity contribution in [1.82, 2.24) is 5.32 Å². The first-order valence-electron chi connectivity index (χ1n) is 7.88. The zero-order chi connectivity index (χ0) is 16.5. The minimum Gasteiger partial charge on any atom is -0.478 e. The summed E-state index contributed by atoms with van der Waals surface area (Å²) in [7, 11) is 0. The number of carboxylic acids is 1. The largest absolute Gasteiger partial charge is 0.478 e. The molecule has 0 atom stereocenters. The summed E-state index contributed by atoms with van der Waals surface area (Å²) in [6.07, 6.45) is 3.59. The van der Waals surface area contributed by atoms with Crippen LogP contribution < -0.4 is 5.32 Å². The highest BCUT2D eigenvalue weighted by molar-refractivity contribution is 5.87. The SMILES string of the molecule is Fc1ccc(CC2CCNCC2)cc1.O=C(O)c1ccccc1. The fraction of sp³-hybridized carbons (Fsp3) is 0.316. The molecule has 3 nitrogen and oxygen atoms in total. The Hall–Kier alpha value is -2.20. The quantitative estimate of drug-likeness (QED) is 0.907. The van der Waals surface area contributed by atoms with Crippen molar-refractivity contribution in [3.63, 3.8) is 0 Å². The molecule has 4 heteroatoms. The van der Waals surface area contributed by atoms with Crippen molar-refractivity contribution in [2.24, 2.45) is 5.92 Å². The van der Waals surface area contributed by atoms with Gasteiger partial charge in [0.1, 0.15) is 5.82 Å². The summed E-state index contributed by atoms with van der Waals surface area (Å²) in [6.45, 7) is 2.26. The molecule has 1 aliphatic rings. The Kier molecular flexibility index (Phi) is 6.76. The second-order valence-corrected chi connectivity index (χ2v) is 5.70. The lowest BCUT2D eigenvalue weighted by Gasteiger charge is -2.22. The van der Waals surface area contributed by atoms with Gasteiger partial charge in [-0.05, 0) is 68.1 Å². The molecule has 0 amide bonds. The average molecular weight is 315 g/mol. The predicted octanol–water partition coefficient (Wildman–Crippen LogP) is 3.75. The molecule has 0 saturated carbocycles. The lowest BCUT2D eigenvalue weighted by molar-refractivity contribution is 0.0697. The fourth-order valence-electron chi connectivity index (χ4n) is 2.62. The van der Waals surface area contributed by atoms with Crippen molar-refractivity contribution in [3.05, 3.63) is 71.5 Å².